The van der Waals surface area contributed by atoms with Crippen LogP contribution in [-0.2, 0) is 16.1 Å². The van der Waals surface area contributed by atoms with E-state index in [1.807, 2.05) is 36.7 Å². The zero-order valence-corrected chi connectivity index (χ0v) is 14.2. The highest BCUT2D eigenvalue weighted by atomic mass is 16.5. The molecule has 1 amide bonds. The van der Waals surface area contributed by atoms with Crippen molar-refractivity contribution in [3.05, 3.63) is 42.5 Å². The first-order valence-electron chi connectivity index (χ1n) is 8.50. The molecule has 2 aliphatic heterocycles. The number of nitrogens with zero attached hydrogens (tertiary/aromatic N) is 3. The fraction of sp³-hybridized carbons (Fsp3) is 0.444. The van der Waals surface area contributed by atoms with E-state index >= 15 is 0 Å². The second-order valence-electron chi connectivity index (χ2n) is 6.55. The van der Waals surface area contributed by atoms with Crippen LogP contribution in [0.25, 0.3) is 5.69 Å². The van der Waals surface area contributed by atoms with Crippen molar-refractivity contribution in [1.82, 2.24) is 19.8 Å². The monoisotopic (exact) mass is 342 g/mol. The van der Waals surface area contributed by atoms with Gasteiger partial charge in [0.25, 0.3) is 0 Å². The van der Waals surface area contributed by atoms with Crippen LogP contribution in [0.4, 0.5) is 0 Å². The molecule has 1 aromatic carbocycles. The molecule has 25 heavy (non-hydrogen) atoms. The minimum Gasteiger partial charge on any atom is -0.497 e. The lowest BCUT2D eigenvalue weighted by molar-refractivity contribution is -0.125. The van der Waals surface area contributed by atoms with Crippen LogP contribution in [0.2, 0.25) is 0 Å². The number of hydrogen-bond acceptors (Lipinski definition) is 5. The van der Waals surface area contributed by atoms with Crippen molar-refractivity contribution in [2.45, 2.75) is 12.6 Å². The molecule has 1 N–H and O–H groups in total. The molecule has 2 atom stereocenters. The Bertz CT molecular complexity index is 743. The SMILES string of the molecule is COc1ccc(-n2ccnc2CN2C[C@H]3COC[C@@H](C2)C(=O)N3)cc1. The van der Waals surface area contributed by atoms with E-state index in [0.29, 0.717) is 26.3 Å². The topological polar surface area (TPSA) is 68.6 Å². The van der Waals surface area contributed by atoms with Crippen molar-refractivity contribution < 1.29 is 14.3 Å². The Morgan fingerprint density at radius 2 is 2.12 bits per heavy atom. The molecule has 0 radical (unpaired) electrons. The Morgan fingerprint density at radius 3 is 2.92 bits per heavy atom. The van der Waals surface area contributed by atoms with Gasteiger partial charge in [-0.1, -0.05) is 0 Å². The fourth-order valence-electron chi connectivity index (χ4n) is 3.48. The number of imidazole rings is 1. The van der Waals surface area contributed by atoms with E-state index in [2.05, 4.69) is 19.8 Å². The van der Waals surface area contributed by atoms with Gasteiger partial charge in [-0.3, -0.25) is 9.69 Å². The van der Waals surface area contributed by atoms with E-state index in [0.717, 1.165) is 23.8 Å². The molecule has 1 aromatic heterocycles. The lowest BCUT2D eigenvalue weighted by Crippen LogP contribution is -2.42. The number of hydrogen-bond donors (Lipinski definition) is 1. The number of carbonyl (C=O) groups excluding carboxylic acids is 1. The molecule has 4 rings (SSSR count). The van der Waals surface area contributed by atoms with Crippen molar-refractivity contribution in [1.29, 1.82) is 0 Å². The van der Waals surface area contributed by atoms with Gasteiger partial charge in [0, 0.05) is 31.2 Å². The summed E-state index contributed by atoms with van der Waals surface area (Å²) in [6, 6.07) is 7.95. The highest BCUT2D eigenvalue weighted by molar-refractivity contribution is 5.79. The molecule has 132 valence electrons. The number of rotatable bonds is 4. The van der Waals surface area contributed by atoms with E-state index in [1.54, 1.807) is 7.11 Å². The van der Waals surface area contributed by atoms with Gasteiger partial charge in [0.1, 0.15) is 11.6 Å². The van der Waals surface area contributed by atoms with Crippen molar-refractivity contribution in [2.75, 3.05) is 33.4 Å². The molecule has 0 unspecified atom stereocenters. The Balaban J connectivity index is 1.53. The van der Waals surface area contributed by atoms with Crippen LogP contribution in [0.5, 0.6) is 5.75 Å². The van der Waals surface area contributed by atoms with Crippen molar-refractivity contribution in [3.63, 3.8) is 0 Å². The summed E-state index contributed by atoms with van der Waals surface area (Å²) in [5.74, 6) is 1.77. The second kappa shape index (κ2) is 6.85. The van der Waals surface area contributed by atoms with Crippen LogP contribution in [0.3, 0.4) is 0 Å². The third-order valence-electron chi connectivity index (χ3n) is 4.75. The minimum absolute atomic E-state index is 0.0457. The number of ether oxygens (including phenoxy) is 2. The first kappa shape index (κ1) is 16.1. The average molecular weight is 342 g/mol. The number of amides is 1. The largest absolute Gasteiger partial charge is 0.497 e. The highest BCUT2D eigenvalue weighted by Crippen LogP contribution is 2.19. The Kier molecular flexibility index (Phi) is 4.42. The van der Waals surface area contributed by atoms with E-state index in [4.69, 9.17) is 9.47 Å². The molecule has 2 fully saturated rings. The van der Waals surface area contributed by atoms with Gasteiger partial charge >= 0.3 is 0 Å². The Morgan fingerprint density at radius 1 is 1.28 bits per heavy atom. The zero-order chi connectivity index (χ0) is 17.2. The number of methoxy groups -OCH3 is 1. The number of nitrogens with one attached hydrogen (secondary N) is 1. The maximum absolute atomic E-state index is 12.1. The predicted octanol–water partition coefficient (Wildman–Crippen LogP) is 0.828. The average Bonchev–Trinajstić information content (AvgIpc) is 2.92. The van der Waals surface area contributed by atoms with E-state index in [-0.39, 0.29) is 17.9 Å². The molecule has 2 aliphatic rings. The van der Waals surface area contributed by atoms with Gasteiger partial charge in [-0.05, 0) is 24.3 Å². The molecule has 0 aliphatic carbocycles. The highest BCUT2D eigenvalue weighted by Gasteiger charge is 2.33. The molecular weight excluding hydrogens is 320 g/mol. The summed E-state index contributed by atoms with van der Waals surface area (Å²) in [5, 5.41) is 3.06. The molecule has 7 heteroatoms. The summed E-state index contributed by atoms with van der Waals surface area (Å²) in [7, 11) is 1.66. The summed E-state index contributed by atoms with van der Waals surface area (Å²) >= 11 is 0. The summed E-state index contributed by atoms with van der Waals surface area (Å²) in [4.78, 5) is 19.0. The third kappa shape index (κ3) is 3.38. The summed E-state index contributed by atoms with van der Waals surface area (Å²) in [6.45, 7) is 3.23. The lowest BCUT2D eigenvalue weighted by Gasteiger charge is -2.27. The van der Waals surface area contributed by atoms with Gasteiger partial charge in [0.05, 0.1) is 38.8 Å². The minimum atomic E-state index is -0.114. The lowest BCUT2D eigenvalue weighted by atomic mass is 10.1. The molecule has 3 heterocycles. The summed E-state index contributed by atoms with van der Waals surface area (Å²) in [6.07, 6.45) is 3.77. The third-order valence-corrected chi connectivity index (χ3v) is 4.75. The van der Waals surface area contributed by atoms with Gasteiger partial charge in [0.2, 0.25) is 5.91 Å². The van der Waals surface area contributed by atoms with E-state index in [9.17, 15) is 4.79 Å². The van der Waals surface area contributed by atoms with Crippen LogP contribution in [-0.4, -0.2) is 59.8 Å². The van der Waals surface area contributed by atoms with E-state index < -0.39 is 0 Å². The molecule has 2 bridgehead atoms. The fourth-order valence-corrected chi connectivity index (χ4v) is 3.48. The summed E-state index contributed by atoms with van der Waals surface area (Å²) < 4.78 is 12.9. The van der Waals surface area contributed by atoms with E-state index in [1.165, 1.54) is 0 Å². The quantitative estimate of drug-likeness (QED) is 0.891. The van der Waals surface area contributed by atoms with Gasteiger partial charge in [-0.2, -0.15) is 0 Å². The molecule has 2 aromatic rings. The first-order valence-corrected chi connectivity index (χ1v) is 8.50. The second-order valence-corrected chi connectivity index (χ2v) is 6.55. The number of benzene rings is 1. The molecule has 7 nitrogen and oxygen atoms in total. The van der Waals surface area contributed by atoms with Crippen molar-refractivity contribution in [3.8, 4) is 11.4 Å². The van der Waals surface area contributed by atoms with Gasteiger partial charge in [0.15, 0.2) is 0 Å². The smallest absolute Gasteiger partial charge is 0.227 e. The Labute approximate surface area is 146 Å². The molecule has 2 saturated heterocycles. The molecule has 0 spiro atoms. The molecular formula is C18H22N4O3. The van der Waals surface area contributed by atoms with Crippen molar-refractivity contribution >= 4 is 5.91 Å². The summed E-state index contributed by atoms with van der Waals surface area (Å²) in [5.41, 5.74) is 1.04. The van der Waals surface area contributed by atoms with Crippen LogP contribution in [0, 0.1) is 5.92 Å². The normalized spacial score (nSPS) is 23.8. The maximum atomic E-state index is 12.1. The zero-order valence-electron chi connectivity index (χ0n) is 14.2. The van der Waals surface area contributed by atoms with Crippen molar-refractivity contribution in [2.24, 2.45) is 5.92 Å². The number of fused-ring (bicyclic) bond motifs is 3. The standard InChI is InChI=1S/C18H22N4O3/c1-24-16-4-2-15(3-5-16)22-7-6-19-17(22)10-21-8-13-11-25-12-14(9-21)20-18(13)23/h2-7,13-14H,8-12H2,1H3,(H,20,23)/t13-,14+/m1/s1. The van der Waals surface area contributed by atoms with Crippen LogP contribution in [0.15, 0.2) is 36.7 Å². The van der Waals surface area contributed by atoms with Crippen LogP contribution in [0.1, 0.15) is 5.82 Å². The van der Waals surface area contributed by atoms with Crippen LogP contribution < -0.4 is 10.1 Å². The number of carbonyl (C=O) groups is 1. The first-order chi connectivity index (χ1) is 12.2. The van der Waals surface area contributed by atoms with Gasteiger partial charge in [-0.25, -0.2) is 4.98 Å². The van der Waals surface area contributed by atoms with Gasteiger partial charge < -0.3 is 19.4 Å². The van der Waals surface area contributed by atoms with Crippen LogP contribution >= 0.6 is 0 Å². The molecule has 0 saturated carbocycles. The predicted molar refractivity (Wildman–Crippen MR) is 91.6 cm³/mol. The van der Waals surface area contributed by atoms with Gasteiger partial charge in [-0.15, -0.1) is 0 Å². The maximum Gasteiger partial charge on any atom is 0.227 e. The number of aromatic nitrogens is 2. The Hall–Kier alpha value is -2.38.